The number of rotatable bonds is 2. The fourth-order valence-corrected chi connectivity index (χ4v) is 3.58. The van der Waals surface area contributed by atoms with Crippen LogP contribution in [0, 0.1) is 5.41 Å². The van der Waals surface area contributed by atoms with Gasteiger partial charge in [0.25, 0.3) is 0 Å². The Morgan fingerprint density at radius 2 is 2.12 bits per heavy atom. The average Bonchev–Trinajstić information content (AvgIpc) is 2.75. The fourth-order valence-electron chi connectivity index (χ4n) is 2.00. The molecule has 17 heavy (non-hydrogen) atoms. The molecule has 94 valence electrons. The zero-order valence-corrected chi connectivity index (χ0v) is 10.8. The summed E-state index contributed by atoms with van der Waals surface area (Å²) < 4.78 is 25.9. The van der Waals surface area contributed by atoms with E-state index in [1.807, 2.05) is 0 Å². The van der Waals surface area contributed by atoms with Crippen molar-refractivity contribution in [1.82, 2.24) is 9.29 Å². The quantitative estimate of drug-likeness (QED) is 0.858. The summed E-state index contributed by atoms with van der Waals surface area (Å²) in [7, 11) is -3.46. The van der Waals surface area contributed by atoms with E-state index in [2.05, 4.69) is 4.98 Å². The normalized spacial score (nSPS) is 21.6. The largest absolute Gasteiger partial charge is 0.366 e. The van der Waals surface area contributed by atoms with Crippen LogP contribution in [0.1, 0.15) is 20.3 Å². The van der Waals surface area contributed by atoms with Crippen molar-refractivity contribution in [3.8, 4) is 0 Å². The Morgan fingerprint density at radius 3 is 2.65 bits per heavy atom. The predicted octanol–water partition coefficient (Wildman–Crippen LogP) is 1.00. The topological polar surface area (TPSA) is 70.2 Å². The molecular formula is C11H16N2O3S. The Balaban J connectivity index is 2.28. The third kappa shape index (κ3) is 2.14. The van der Waals surface area contributed by atoms with Crippen LogP contribution in [-0.4, -0.2) is 36.6 Å². The second-order valence-corrected chi connectivity index (χ2v) is 6.88. The van der Waals surface area contributed by atoms with Crippen molar-refractivity contribution in [3.63, 3.8) is 0 Å². The number of sulfonamides is 1. The minimum Gasteiger partial charge on any atom is -0.366 e. The molecule has 1 aliphatic heterocycles. The van der Waals surface area contributed by atoms with Crippen molar-refractivity contribution in [2.24, 2.45) is 5.41 Å². The summed E-state index contributed by atoms with van der Waals surface area (Å²) in [5.41, 5.74) is -0.596. The molecule has 0 saturated carbocycles. The number of carbonyl (C=O) groups is 1. The third-order valence-corrected chi connectivity index (χ3v) is 4.96. The Morgan fingerprint density at radius 1 is 1.41 bits per heavy atom. The zero-order valence-electron chi connectivity index (χ0n) is 9.93. The number of Topliss-reactive ketones (excluding diaryl/α,β-unsaturated/α-hetero) is 1. The second-order valence-electron chi connectivity index (χ2n) is 4.94. The van der Waals surface area contributed by atoms with Crippen LogP contribution in [0.4, 0.5) is 0 Å². The van der Waals surface area contributed by atoms with E-state index in [-0.39, 0.29) is 30.2 Å². The highest BCUT2D eigenvalue weighted by Crippen LogP contribution is 2.29. The molecule has 0 aliphatic carbocycles. The number of nitrogens with one attached hydrogen (secondary N) is 1. The molecule has 2 rings (SSSR count). The van der Waals surface area contributed by atoms with Gasteiger partial charge < -0.3 is 4.98 Å². The number of piperidine rings is 1. The van der Waals surface area contributed by atoms with Gasteiger partial charge in [0.1, 0.15) is 5.78 Å². The van der Waals surface area contributed by atoms with E-state index < -0.39 is 15.4 Å². The second kappa shape index (κ2) is 3.96. The molecule has 0 amide bonds. The van der Waals surface area contributed by atoms with Crippen molar-refractivity contribution < 1.29 is 13.2 Å². The first kappa shape index (κ1) is 12.3. The molecule has 0 radical (unpaired) electrons. The number of carbonyl (C=O) groups excluding carboxylic acids is 1. The summed E-state index contributed by atoms with van der Waals surface area (Å²) in [6.45, 7) is 4.09. The standard InChI is InChI=1S/C11H16N2O3S/c1-11(2)8-13(6-4-10(11)14)17(15,16)9-3-5-12-7-9/h3,5,7,12H,4,6,8H2,1-2H3. The van der Waals surface area contributed by atoms with Gasteiger partial charge in [0.05, 0.1) is 4.90 Å². The van der Waals surface area contributed by atoms with E-state index in [0.717, 1.165) is 0 Å². The van der Waals surface area contributed by atoms with Crippen molar-refractivity contribution in [1.29, 1.82) is 0 Å². The number of aromatic nitrogens is 1. The molecule has 1 N–H and O–H groups in total. The molecule has 0 atom stereocenters. The number of hydrogen-bond donors (Lipinski definition) is 1. The van der Waals surface area contributed by atoms with Gasteiger partial charge >= 0.3 is 0 Å². The molecule has 0 spiro atoms. The van der Waals surface area contributed by atoms with Crippen molar-refractivity contribution in [2.45, 2.75) is 25.2 Å². The lowest BCUT2D eigenvalue weighted by molar-refractivity contribution is -0.129. The molecule has 1 aromatic rings. The number of H-pyrrole nitrogens is 1. The Hall–Kier alpha value is -1.14. The smallest absolute Gasteiger partial charge is 0.244 e. The van der Waals surface area contributed by atoms with Crippen LogP contribution in [0.15, 0.2) is 23.4 Å². The van der Waals surface area contributed by atoms with Gasteiger partial charge in [-0.3, -0.25) is 4.79 Å². The summed E-state index contributed by atoms with van der Waals surface area (Å²) >= 11 is 0. The highest BCUT2D eigenvalue weighted by Gasteiger charge is 2.39. The van der Waals surface area contributed by atoms with Crippen LogP contribution in [0.2, 0.25) is 0 Å². The van der Waals surface area contributed by atoms with E-state index in [9.17, 15) is 13.2 Å². The molecule has 2 heterocycles. The summed E-state index contributed by atoms with van der Waals surface area (Å²) in [6.07, 6.45) is 3.32. The highest BCUT2D eigenvalue weighted by atomic mass is 32.2. The van der Waals surface area contributed by atoms with Gasteiger partial charge in [-0.05, 0) is 6.07 Å². The van der Waals surface area contributed by atoms with Gasteiger partial charge in [-0.15, -0.1) is 0 Å². The van der Waals surface area contributed by atoms with E-state index in [0.29, 0.717) is 0 Å². The Labute approximate surface area is 101 Å². The minimum absolute atomic E-state index is 0.123. The van der Waals surface area contributed by atoms with E-state index in [1.54, 1.807) is 20.0 Å². The fraction of sp³-hybridized carbons (Fsp3) is 0.545. The van der Waals surface area contributed by atoms with Crippen LogP contribution in [0.3, 0.4) is 0 Å². The number of nitrogens with zero attached hydrogens (tertiary/aromatic N) is 1. The number of ketones is 1. The van der Waals surface area contributed by atoms with Gasteiger partial charge in [-0.2, -0.15) is 4.31 Å². The zero-order chi connectivity index (χ0) is 12.7. The maximum atomic E-state index is 12.2. The van der Waals surface area contributed by atoms with E-state index in [4.69, 9.17) is 0 Å². The molecule has 1 aromatic heterocycles. The van der Waals surface area contributed by atoms with Crippen LogP contribution in [-0.2, 0) is 14.8 Å². The first-order chi connectivity index (χ1) is 7.84. The molecular weight excluding hydrogens is 240 g/mol. The molecule has 1 aliphatic rings. The van der Waals surface area contributed by atoms with Gasteiger partial charge in [0, 0.05) is 37.3 Å². The molecule has 1 saturated heterocycles. The van der Waals surface area contributed by atoms with Gasteiger partial charge in [0.15, 0.2) is 0 Å². The lowest BCUT2D eigenvalue weighted by Gasteiger charge is -2.35. The lowest BCUT2D eigenvalue weighted by atomic mass is 9.84. The number of hydrogen-bond acceptors (Lipinski definition) is 3. The monoisotopic (exact) mass is 256 g/mol. The van der Waals surface area contributed by atoms with E-state index >= 15 is 0 Å². The maximum Gasteiger partial charge on any atom is 0.244 e. The summed E-state index contributed by atoms with van der Waals surface area (Å²) in [5, 5.41) is 0. The lowest BCUT2D eigenvalue weighted by Crippen LogP contribution is -2.48. The highest BCUT2D eigenvalue weighted by molar-refractivity contribution is 7.89. The van der Waals surface area contributed by atoms with Crippen molar-refractivity contribution in [3.05, 3.63) is 18.5 Å². The molecule has 6 heteroatoms. The predicted molar refractivity (Wildman–Crippen MR) is 63.0 cm³/mol. The van der Waals surface area contributed by atoms with Gasteiger partial charge in [-0.1, -0.05) is 13.8 Å². The minimum atomic E-state index is -3.46. The average molecular weight is 256 g/mol. The van der Waals surface area contributed by atoms with Crippen LogP contribution < -0.4 is 0 Å². The summed E-state index contributed by atoms with van der Waals surface area (Å²) in [5.74, 6) is 0.123. The van der Waals surface area contributed by atoms with Crippen molar-refractivity contribution in [2.75, 3.05) is 13.1 Å². The maximum absolute atomic E-state index is 12.2. The molecule has 5 nitrogen and oxygen atoms in total. The summed E-state index contributed by atoms with van der Waals surface area (Å²) in [6, 6.07) is 1.53. The SMILES string of the molecule is CC1(C)CN(S(=O)(=O)c2cc[nH]c2)CCC1=O. The Kier molecular flexibility index (Phi) is 2.87. The summed E-state index contributed by atoms with van der Waals surface area (Å²) in [4.78, 5) is 14.6. The van der Waals surface area contributed by atoms with Crippen LogP contribution in [0.5, 0.6) is 0 Å². The molecule has 1 fully saturated rings. The first-order valence-corrected chi connectivity index (χ1v) is 6.94. The third-order valence-electron chi connectivity index (χ3n) is 3.12. The molecule has 0 aromatic carbocycles. The number of aromatic amines is 1. The van der Waals surface area contributed by atoms with Crippen molar-refractivity contribution >= 4 is 15.8 Å². The van der Waals surface area contributed by atoms with Gasteiger partial charge in [-0.25, -0.2) is 8.42 Å². The van der Waals surface area contributed by atoms with Crippen LogP contribution in [0.25, 0.3) is 0 Å². The Bertz CT molecular complexity index is 517. The molecule has 0 bridgehead atoms. The van der Waals surface area contributed by atoms with Gasteiger partial charge in [0.2, 0.25) is 10.0 Å². The molecule has 0 unspecified atom stereocenters. The van der Waals surface area contributed by atoms with Crippen LogP contribution >= 0.6 is 0 Å². The van der Waals surface area contributed by atoms with E-state index in [1.165, 1.54) is 16.6 Å². The first-order valence-electron chi connectivity index (χ1n) is 5.50.